The molecule has 0 heterocycles. The molecule has 9 heavy (non-hydrogen) atoms. The van der Waals surface area contributed by atoms with Gasteiger partial charge in [0.25, 0.3) is 0 Å². The fraction of sp³-hybridized carbons (Fsp3) is 0.857. The maximum atomic E-state index is 2.20. The molecular weight excluding hydrogens is 109 g/mol. The van der Waals surface area contributed by atoms with Gasteiger partial charge in [-0.25, -0.2) is 0 Å². The summed E-state index contributed by atoms with van der Waals surface area (Å²) in [5.41, 5.74) is 1.40. The van der Waals surface area contributed by atoms with Gasteiger partial charge in [-0.15, -0.1) is 0 Å². The van der Waals surface area contributed by atoms with Crippen molar-refractivity contribution in [3.63, 3.8) is 0 Å². The van der Waals surface area contributed by atoms with E-state index >= 15 is 0 Å². The predicted molar refractivity (Wildman–Crippen MR) is 43.6 cm³/mol. The molecule has 0 unspecified atom stereocenters. The van der Waals surface area contributed by atoms with Crippen LogP contribution >= 0.6 is 0 Å². The molecule has 0 fully saturated rings. The van der Waals surface area contributed by atoms with Gasteiger partial charge < -0.3 is 0 Å². The van der Waals surface area contributed by atoms with Crippen molar-refractivity contribution in [2.45, 2.75) is 20.7 Å². The van der Waals surface area contributed by atoms with Crippen molar-refractivity contribution in [1.82, 2.24) is 0 Å². The first kappa shape index (κ1) is 8.73. The Morgan fingerprint density at radius 1 is 1.33 bits per heavy atom. The smallest absolute Gasteiger partial charge is 0.233 e. The van der Waals surface area contributed by atoms with Gasteiger partial charge in [0.15, 0.2) is 0 Å². The zero-order valence-electron chi connectivity index (χ0n) is 7.10. The van der Waals surface area contributed by atoms with Gasteiger partial charge in [0.1, 0.15) is 14.1 Å². The highest BCUT2D eigenvalue weighted by atomic mass is 14.9. The van der Waals surface area contributed by atoms with Crippen LogP contribution in [0.2, 0.25) is 6.82 Å². The molecule has 0 aliphatic heterocycles. The molecule has 0 aromatic carbocycles. The average Bonchev–Trinajstić information content (AvgIpc) is 1.64. The largest absolute Gasteiger partial charge is 0.252 e. The normalized spacial score (nSPS) is 9.56. The van der Waals surface area contributed by atoms with Crippen LogP contribution in [0.4, 0.5) is 0 Å². The molecule has 0 saturated carbocycles. The second-order valence-electron chi connectivity index (χ2n) is 2.76. The van der Waals surface area contributed by atoms with Crippen molar-refractivity contribution in [3.8, 4) is 0 Å². The summed E-state index contributed by atoms with van der Waals surface area (Å²) in [6, 6.07) is 0. The average molecular weight is 125 g/mol. The van der Waals surface area contributed by atoms with Crippen LogP contribution < -0.4 is 0 Å². The van der Waals surface area contributed by atoms with E-state index < -0.39 is 0 Å². The minimum Gasteiger partial charge on any atom is -0.252 e. The molecule has 0 atom stereocenters. The lowest BCUT2D eigenvalue weighted by Gasteiger charge is -2.03. The van der Waals surface area contributed by atoms with E-state index in [1.807, 2.05) is 0 Å². The van der Waals surface area contributed by atoms with Crippen LogP contribution in [0.15, 0.2) is 0 Å². The number of rotatable bonds is 2. The minimum absolute atomic E-state index is 0.644. The molecule has 0 bridgehead atoms. The molecule has 1 radical (unpaired) electrons. The summed E-state index contributed by atoms with van der Waals surface area (Å²) in [6.45, 7) is 6.49. The van der Waals surface area contributed by atoms with Gasteiger partial charge in [0, 0.05) is 5.92 Å². The topological polar surface area (TPSA) is 3.01 Å². The fourth-order valence-corrected chi connectivity index (χ4v) is 1.11. The van der Waals surface area contributed by atoms with Crippen molar-refractivity contribution < 1.29 is 4.58 Å². The van der Waals surface area contributed by atoms with Crippen LogP contribution in [0.25, 0.3) is 0 Å². The summed E-state index contributed by atoms with van der Waals surface area (Å²) >= 11 is 0. The van der Waals surface area contributed by atoms with Crippen molar-refractivity contribution in [2.24, 2.45) is 5.92 Å². The third kappa shape index (κ3) is 2.68. The van der Waals surface area contributed by atoms with E-state index in [9.17, 15) is 0 Å². The maximum Gasteiger partial charge on any atom is 0.233 e. The SMILES string of the molecule is C[B]C(C(C)C)=[N+](C)C. The van der Waals surface area contributed by atoms with Crippen molar-refractivity contribution in [2.75, 3.05) is 14.1 Å². The Labute approximate surface area is 59.0 Å². The van der Waals surface area contributed by atoms with Gasteiger partial charge in [0.05, 0.1) is 5.61 Å². The first-order chi connectivity index (χ1) is 4.09. The van der Waals surface area contributed by atoms with Crippen LogP contribution in [0.5, 0.6) is 0 Å². The van der Waals surface area contributed by atoms with E-state index in [-0.39, 0.29) is 0 Å². The summed E-state index contributed by atoms with van der Waals surface area (Å²) in [6.07, 6.45) is 0. The summed E-state index contributed by atoms with van der Waals surface area (Å²) in [7, 11) is 6.31. The Hall–Kier alpha value is -0.265. The first-order valence-corrected chi connectivity index (χ1v) is 3.43. The number of hydrogen-bond acceptors (Lipinski definition) is 0. The van der Waals surface area contributed by atoms with Crippen molar-refractivity contribution in [1.29, 1.82) is 0 Å². The molecular formula is C7H16BN+. The molecule has 1 nitrogen and oxygen atoms in total. The highest BCUT2D eigenvalue weighted by Gasteiger charge is 2.09. The number of nitrogens with zero attached hydrogens (tertiary/aromatic N) is 1. The zero-order chi connectivity index (χ0) is 7.44. The zero-order valence-corrected chi connectivity index (χ0v) is 7.10. The van der Waals surface area contributed by atoms with Gasteiger partial charge >= 0.3 is 0 Å². The highest BCUT2D eigenvalue weighted by molar-refractivity contribution is 6.73. The monoisotopic (exact) mass is 125 g/mol. The Balaban J connectivity index is 4.16. The van der Waals surface area contributed by atoms with Crippen LogP contribution in [0, 0.1) is 5.92 Å². The minimum atomic E-state index is 0.644. The third-order valence-electron chi connectivity index (χ3n) is 1.40. The molecule has 2 heteroatoms. The molecule has 0 aromatic rings. The molecule has 0 saturated heterocycles. The summed E-state index contributed by atoms with van der Waals surface area (Å²) < 4.78 is 2.16. The van der Waals surface area contributed by atoms with Crippen molar-refractivity contribution >= 4 is 12.9 Å². The fourth-order valence-electron chi connectivity index (χ4n) is 1.11. The predicted octanol–water partition coefficient (Wildman–Crippen LogP) is 1.07. The standard InChI is InChI=1S/C7H16BN/c1-6(2)7(8-3)9(4)5/h6H,1-5H3/q+1. The lowest BCUT2D eigenvalue weighted by molar-refractivity contribution is -0.464. The molecule has 0 rings (SSSR count). The summed E-state index contributed by atoms with van der Waals surface area (Å²) in [5.74, 6) is 0.644. The Kier molecular flexibility index (Phi) is 3.59. The molecule has 0 aliphatic rings. The lowest BCUT2D eigenvalue weighted by Crippen LogP contribution is -2.23. The van der Waals surface area contributed by atoms with E-state index in [1.165, 1.54) is 5.61 Å². The molecule has 0 aliphatic carbocycles. The van der Waals surface area contributed by atoms with Crippen LogP contribution in [0.3, 0.4) is 0 Å². The molecule has 0 amide bonds. The Bertz CT molecular complexity index is 112. The quantitative estimate of drug-likeness (QED) is 0.295. The summed E-state index contributed by atoms with van der Waals surface area (Å²) in [4.78, 5) is 0. The third-order valence-corrected chi connectivity index (χ3v) is 1.40. The number of hydrogen-bond donors (Lipinski definition) is 0. The first-order valence-electron chi connectivity index (χ1n) is 3.43. The van der Waals surface area contributed by atoms with E-state index in [0.717, 1.165) is 0 Å². The van der Waals surface area contributed by atoms with Crippen molar-refractivity contribution in [3.05, 3.63) is 0 Å². The van der Waals surface area contributed by atoms with Gasteiger partial charge in [0.2, 0.25) is 7.28 Å². The van der Waals surface area contributed by atoms with Crippen LogP contribution in [-0.4, -0.2) is 31.6 Å². The molecule has 51 valence electrons. The van der Waals surface area contributed by atoms with E-state index in [4.69, 9.17) is 0 Å². The van der Waals surface area contributed by atoms with E-state index in [0.29, 0.717) is 5.92 Å². The van der Waals surface area contributed by atoms with E-state index in [1.54, 1.807) is 0 Å². The maximum absolute atomic E-state index is 2.20. The molecule has 0 aromatic heterocycles. The van der Waals surface area contributed by atoms with Crippen LogP contribution in [0.1, 0.15) is 13.8 Å². The van der Waals surface area contributed by atoms with Gasteiger partial charge in [-0.05, 0) is 0 Å². The second kappa shape index (κ2) is 3.70. The molecule has 0 spiro atoms. The molecule has 0 N–H and O–H groups in total. The lowest BCUT2D eigenvalue weighted by atomic mass is 9.70. The highest BCUT2D eigenvalue weighted by Crippen LogP contribution is 1.93. The van der Waals surface area contributed by atoms with Gasteiger partial charge in [-0.2, -0.15) is 0 Å². The van der Waals surface area contributed by atoms with Crippen LogP contribution in [-0.2, 0) is 0 Å². The Morgan fingerprint density at radius 3 is 1.78 bits per heavy atom. The second-order valence-corrected chi connectivity index (χ2v) is 2.76. The Morgan fingerprint density at radius 2 is 1.78 bits per heavy atom. The van der Waals surface area contributed by atoms with Gasteiger partial charge in [-0.1, -0.05) is 20.7 Å². The van der Waals surface area contributed by atoms with E-state index in [2.05, 4.69) is 46.6 Å². The summed E-state index contributed by atoms with van der Waals surface area (Å²) in [5, 5.41) is 0. The van der Waals surface area contributed by atoms with Gasteiger partial charge in [-0.3, -0.25) is 4.58 Å².